The number of aromatic hydroxyl groups is 1. The van der Waals surface area contributed by atoms with E-state index in [1.807, 2.05) is 33.8 Å². The minimum absolute atomic E-state index is 0.304. The summed E-state index contributed by atoms with van der Waals surface area (Å²) >= 11 is 0. The van der Waals surface area contributed by atoms with Gasteiger partial charge in [-0.05, 0) is 80.2 Å². The zero-order chi connectivity index (χ0) is 13.5. The van der Waals surface area contributed by atoms with Crippen LogP contribution in [0.3, 0.4) is 0 Å². The first-order valence-corrected chi connectivity index (χ1v) is 6.23. The fraction of sp³-hybridized carbons (Fsp3) is 0.375. The third-order valence-electron chi connectivity index (χ3n) is 3.46. The van der Waals surface area contributed by atoms with Crippen molar-refractivity contribution in [2.45, 2.75) is 39.7 Å². The molecule has 18 heavy (non-hydrogen) atoms. The van der Waals surface area contributed by atoms with Crippen molar-refractivity contribution in [3.63, 3.8) is 0 Å². The van der Waals surface area contributed by atoms with Crippen molar-refractivity contribution in [3.05, 3.63) is 46.5 Å². The van der Waals surface area contributed by atoms with Crippen LogP contribution in [0.1, 0.15) is 37.0 Å². The minimum atomic E-state index is -0.744. The summed E-state index contributed by atoms with van der Waals surface area (Å²) in [6.07, 6.45) is 4.62. The van der Waals surface area contributed by atoms with Crippen LogP contribution in [0.5, 0.6) is 5.75 Å². The Morgan fingerprint density at radius 2 is 1.67 bits per heavy atom. The van der Waals surface area contributed by atoms with Gasteiger partial charge in [0.2, 0.25) is 0 Å². The van der Waals surface area contributed by atoms with Crippen LogP contribution in [0.15, 0.2) is 29.9 Å². The van der Waals surface area contributed by atoms with Crippen molar-refractivity contribution in [1.82, 2.24) is 0 Å². The molecule has 0 spiro atoms. The van der Waals surface area contributed by atoms with E-state index in [4.69, 9.17) is 0 Å². The Morgan fingerprint density at radius 1 is 1.11 bits per heavy atom. The minimum Gasteiger partial charge on any atom is -0.508 e. The molecule has 0 heterocycles. The maximum atomic E-state index is 10.0. The molecule has 96 valence electrons. The highest BCUT2D eigenvalue weighted by Gasteiger charge is 2.23. The predicted molar refractivity (Wildman–Crippen MR) is 74.6 cm³/mol. The van der Waals surface area contributed by atoms with Crippen LogP contribution in [-0.2, 0) is 0 Å². The molecule has 2 rings (SSSR count). The number of hydrogen-bond donors (Lipinski definition) is 2. The van der Waals surface area contributed by atoms with Gasteiger partial charge in [0.1, 0.15) is 5.75 Å². The Labute approximate surface area is 108 Å². The van der Waals surface area contributed by atoms with Crippen molar-refractivity contribution in [1.29, 1.82) is 0 Å². The van der Waals surface area contributed by atoms with E-state index < -0.39 is 5.60 Å². The SMILES string of the molecule is CC1=CC(C)(O)CC=C1c1c(C)cc(O)cc1C. The van der Waals surface area contributed by atoms with Gasteiger partial charge in [0.15, 0.2) is 0 Å². The number of benzene rings is 1. The number of aryl methyl sites for hydroxylation is 2. The molecule has 1 unspecified atom stereocenters. The molecule has 0 aliphatic heterocycles. The summed E-state index contributed by atoms with van der Waals surface area (Å²) in [5, 5.41) is 19.6. The average Bonchev–Trinajstić information content (AvgIpc) is 2.18. The van der Waals surface area contributed by atoms with Gasteiger partial charge in [-0.15, -0.1) is 0 Å². The smallest absolute Gasteiger partial charge is 0.116 e. The van der Waals surface area contributed by atoms with Crippen LogP contribution >= 0.6 is 0 Å². The van der Waals surface area contributed by atoms with E-state index in [2.05, 4.69) is 6.08 Å². The highest BCUT2D eigenvalue weighted by Crippen LogP contribution is 2.36. The first-order chi connectivity index (χ1) is 8.30. The average molecular weight is 244 g/mol. The Hall–Kier alpha value is -1.54. The molecule has 2 heteroatoms. The zero-order valence-electron chi connectivity index (χ0n) is 11.4. The standard InChI is InChI=1S/C16H20O2/c1-10-7-13(17)8-11(2)15(10)14-5-6-16(4,18)9-12(14)3/h5,7-9,17-18H,6H2,1-4H3. The van der Waals surface area contributed by atoms with Gasteiger partial charge >= 0.3 is 0 Å². The van der Waals surface area contributed by atoms with Gasteiger partial charge in [-0.1, -0.05) is 6.08 Å². The summed E-state index contributed by atoms with van der Waals surface area (Å²) in [5.74, 6) is 0.304. The first kappa shape index (κ1) is 12.9. The second kappa shape index (κ2) is 4.29. The molecule has 0 bridgehead atoms. The Morgan fingerprint density at radius 3 is 2.17 bits per heavy atom. The molecule has 0 amide bonds. The second-order valence-corrected chi connectivity index (χ2v) is 5.46. The second-order valence-electron chi connectivity index (χ2n) is 5.46. The molecule has 1 aliphatic rings. The Kier molecular flexibility index (Phi) is 3.07. The van der Waals surface area contributed by atoms with Gasteiger partial charge < -0.3 is 10.2 Å². The number of rotatable bonds is 1. The lowest BCUT2D eigenvalue weighted by Gasteiger charge is -2.26. The van der Waals surface area contributed by atoms with Gasteiger partial charge in [0.05, 0.1) is 5.60 Å². The molecule has 1 atom stereocenters. The predicted octanol–water partition coefficient (Wildman–Crippen LogP) is 3.49. The van der Waals surface area contributed by atoms with E-state index in [-0.39, 0.29) is 0 Å². The molecular formula is C16H20O2. The molecule has 0 fully saturated rings. The van der Waals surface area contributed by atoms with Gasteiger partial charge in [0, 0.05) is 0 Å². The number of hydrogen-bond acceptors (Lipinski definition) is 2. The van der Waals surface area contributed by atoms with E-state index >= 15 is 0 Å². The van der Waals surface area contributed by atoms with E-state index in [0.717, 1.165) is 27.8 Å². The molecule has 1 aromatic carbocycles. The summed E-state index contributed by atoms with van der Waals surface area (Å²) in [4.78, 5) is 0. The van der Waals surface area contributed by atoms with Crippen molar-refractivity contribution in [3.8, 4) is 5.75 Å². The lowest BCUT2D eigenvalue weighted by Crippen LogP contribution is -2.23. The van der Waals surface area contributed by atoms with Crippen molar-refractivity contribution >= 4 is 5.57 Å². The zero-order valence-corrected chi connectivity index (χ0v) is 11.4. The van der Waals surface area contributed by atoms with Crippen LogP contribution in [0.25, 0.3) is 5.57 Å². The normalized spacial score (nSPS) is 23.6. The van der Waals surface area contributed by atoms with Crippen molar-refractivity contribution < 1.29 is 10.2 Å². The van der Waals surface area contributed by atoms with Gasteiger partial charge in [-0.3, -0.25) is 0 Å². The third-order valence-corrected chi connectivity index (χ3v) is 3.46. The molecule has 2 N–H and O–H groups in total. The maximum Gasteiger partial charge on any atom is 0.116 e. The van der Waals surface area contributed by atoms with Crippen LogP contribution in [0.4, 0.5) is 0 Å². The van der Waals surface area contributed by atoms with Gasteiger partial charge in [-0.25, -0.2) is 0 Å². The van der Waals surface area contributed by atoms with Crippen LogP contribution < -0.4 is 0 Å². The van der Waals surface area contributed by atoms with Crippen molar-refractivity contribution in [2.75, 3.05) is 0 Å². The quantitative estimate of drug-likeness (QED) is 0.794. The lowest BCUT2D eigenvalue weighted by atomic mass is 9.83. The molecule has 0 saturated heterocycles. The summed E-state index contributed by atoms with van der Waals surface area (Å²) in [7, 11) is 0. The van der Waals surface area contributed by atoms with Crippen LogP contribution in [0.2, 0.25) is 0 Å². The monoisotopic (exact) mass is 244 g/mol. The first-order valence-electron chi connectivity index (χ1n) is 6.23. The van der Waals surface area contributed by atoms with E-state index in [0.29, 0.717) is 12.2 Å². The molecule has 1 aromatic rings. The van der Waals surface area contributed by atoms with Gasteiger partial charge in [-0.2, -0.15) is 0 Å². The van der Waals surface area contributed by atoms with Crippen LogP contribution in [-0.4, -0.2) is 15.8 Å². The molecule has 0 saturated carbocycles. The molecule has 0 radical (unpaired) electrons. The van der Waals surface area contributed by atoms with E-state index in [1.165, 1.54) is 0 Å². The highest BCUT2D eigenvalue weighted by atomic mass is 16.3. The summed E-state index contributed by atoms with van der Waals surface area (Å²) in [6.45, 7) is 7.84. The molecule has 2 nitrogen and oxygen atoms in total. The molecule has 0 aromatic heterocycles. The topological polar surface area (TPSA) is 40.5 Å². The Balaban J connectivity index is 2.52. The third kappa shape index (κ3) is 2.34. The summed E-state index contributed by atoms with van der Waals surface area (Å²) in [6, 6.07) is 3.56. The summed E-state index contributed by atoms with van der Waals surface area (Å²) in [5.41, 5.74) is 4.80. The largest absolute Gasteiger partial charge is 0.508 e. The lowest BCUT2D eigenvalue weighted by molar-refractivity contribution is 0.113. The Bertz CT molecular complexity index is 525. The summed E-state index contributed by atoms with van der Waals surface area (Å²) < 4.78 is 0. The fourth-order valence-corrected chi connectivity index (χ4v) is 2.74. The van der Waals surface area contributed by atoms with Crippen LogP contribution in [0, 0.1) is 13.8 Å². The maximum absolute atomic E-state index is 10.0. The molecule has 1 aliphatic carbocycles. The van der Waals surface area contributed by atoms with Crippen molar-refractivity contribution in [2.24, 2.45) is 0 Å². The highest BCUT2D eigenvalue weighted by molar-refractivity contribution is 5.83. The number of phenols is 1. The fourth-order valence-electron chi connectivity index (χ4n) is 2.74. The van der Waals surface area contributed by atoms with E-state index in [1.54, 1.807) is 12.1 Å². The number of aliphatic hydroxyl groups is 1. The number of phenolic OH excluding ortho intramolecular Hbond substituents is 1. The van der Waals surface area contributed by atoms with Gasteiger partial charge in [0.25, 0.3) is 0 Å². The molecular weight excluding hydrogens is 224 g/mol. The van der Waals surface area contributed by atoms with E-state index in [9.17, 15) is 10.2 Å². The number of allylic oxidation sites excluding steroid dienone is 2.